The lowest BCUT2D eigenvalue weighted by Gasteiger charge is -2.31. The van der Waals surface area contributed by atoms with Crippen LogP contribution >= 0.6 is 0 Å². The van der Waals surface area contributed by atoms with Gasteiger partial charge in [-0.25, -0.2) is 4.79 Å². The molecule has 4 rings (SSSR count). The predicted molar refractivity (Wildman–Crippen MR) is 183 cm³/mol. The van der Waals surface area contributed by atoms with E-state index >= 15 is 0 Å². The van der Waals surface area contributed by atoms with E-state index in [-0.39, 0.29) is 37.0 Å². The highest BCUT2D eigenvalue weighted by atomic mass is 16.4. The fourth-order valence-corrected chi connectivity index (χ4v) is 6.50. The minimum absolute atomic E-state index is 0.0981. The Balaban J connectivity index is 1.43. The molecule has 50 heavy (non-hydrogen) atoms. The van der Waals surface area contributed by atoms with Crippen LogP contribution in [-0.2, 0) is 41.6 Å². The molecule has 2 heterocycles. The molecule has 0 aliphatic carbocycles. The molecule has 2 aromatic carbocycles. The maximum Gasteiger partial charge on any atom is 0.326 e. The maximum atomic E-state index is 14.1. The molecule has 14 heteroatoms. The molecule has 5 amide bonds. The molecule has 7 N–H and O–H groups in total. The first-order chi connectivity index (χ1) is 23.9. The molecule has 6 atom stereocenters. The van der Waals surface area contributed by atoms with Crippen molar-refractivity contribution in [2.45, 2.75) is 89.0 Å². The Bertz CT molecular complexity index is 1520. The highest BCUT2D eigenvalue weighted by Gasteiger charge is 2.41. The summed E-state index contributed by atoms with van der Waals surface area (Å²) in [6.45, 7) is 3.67. The molecule has 0 bridgehead atoms. The van der Waals surface area contributed by atoms with Crippen molar-refractivity contribution in [1.29, 1.82) is 0 Å². The molecule has 14 nitrogen and oxygen atoms in total. The van der Waals surface area contributed by atoms with Crippen LogP contribution in [-0.4, -0.2) is 105 Å². The third-order valence-corrected chi connectivity index (χ3v) is 9.50. The molecule has 2 aliphatic heterocycles. The number of aromatic hydroxyl groups is 1. The van der Waals surface area contributed by atoms with E-state index < -0.39 is 66.4 Å². The molecule has 0 saturated carbocycles. The van der Waals surface area contributed by atoms with Crippen molar-refractivity contribution in [2.75, 3.05) is 19.6 Å². The quantitative estimate of drug-likeness (QED) is 0.155. The Kier molecular flexibility index (Phi) is 13.3. The number of carboxylic acid groups (broad SMARTS) is 1. The summed E-state index contributed by atoms with van der Waals surface area (Å²) >= 11 is 0. The Labute approximate surface area is 291 Å². The number of nitrogens with two attached hydrogens (primary N) is 1. The molecular weight excluding hydrogens is 644 g/mol. The smallest absolute Gasteiger partial charge is 0.326 e. The summed E-state index contributed by atoms with van der Waals surface area (Å²) in [5.41, 5.74) is 7.82. The summed E-state index contributed by atoms with van der Waals surface area (Å²) in [6.07, 6.45) is 2.75. The van der Waals surface area contributed by atoms with E-state index in [1.54, 1.807) is 19.1 Å². The first kappa shape index (κ1) is 37.8. The number of aliphatic carboxylic acids is 1. The average Bonchev–Trinajstić information content (AvgIpc) is 3.80. The lowest BCUT2D eigenvalue weighted by molar-refractivity contribution is -0.144. The van der Waals surface area contributed by atoms with Gasteiger partial charge in [-0.1, -0.05) is 62.7 Å². The van der Waals surface area contributed by atoms with Crippen LogP contribution in [0.5, 0.6) is 5.75 Å². The summed E-state index contributed by atoms with van der Waals surface area (Å²) < 4.78 is 0. The second-order valence-corrected chi connectivity index (χ2v) is 13.1. The van der Waals surface area contributed by atoms with Gasteiger partial charge >= 0.3 is 5.97 Å². The van der Waals surface area contributed by atoms with Gasteiger partial charge in [0.2, 0.25) is 29.5 Å². The summed E-state index contributed by atoms with van der Waals surface area (Å²) in [7, 11) is 0. The van der Waals surface area contributed by atoms with Crippen LogP contribution in [0.25, 0.3) is 0 Å². The zero-order chi connectivity index (χ0) is 36.4. The van der Waals surface area contributed by atoms with Gasteiger partial charge in [-0.15, -0.1) is 0 Å². The molecule has 0 spiro atoms. The van der Waals surface area contributed by atoms with Gasteiger partial charge in [0.05, 0.1) is 12.6 Å². The van der Waals surface area contributed by atoms with E-state index in [2.05, 4.69) is 16.0 Å². The van der Waals surface area contributed by atoms with Crippen molar-refractivity contribution in [1.82, 2.24) is 25.8 Å². The minimum atomic E-state index is -1.17. The van der Waals surface area contributed by atoms with Crippen LogP contribution in [0.4, 0.5) is 0 Å². The van der Waals surface area contributed by atoms with Crippen LogP contribution < -0.4 is 21.7 Å². The number of nitrogens with zero attached hydrogens (tertiary/aromatic N) is 2. The second-order valence-electron chi connectivity index (χ2n) is 13.1. The summed E-state index contributed by atoms with van der Waals surface area (Å²) in [6, 6.07) is 10.7. The highest BCUT2D eigenvalue weighted by molar-refractivity contribution is 5.96. The van der Waals surface area contributed by atoms with Crippen LogP contribution in [0.3, 0.4) is 0 Å². The van der Waals surface area contributed by atoms with Crippen molar-refractivity contribution in [3.05, 3.63) is 65.7 Å². The van der Waals surface area contributed by atoms with E-state index in [1.165, 1.54) is 21.9 Å². The van der Waals surface area contributed by atoms with E-state index in [1.807, 2.05) is 37.3 Å². The van der Waals surface area contributed by atoms with Crippen LogP contribution in [0.15, 0.2) is 54.6 Å². The number of phenols is 1. The first-order valence-electron chi connectivity index (χ1n) is 17.2. The summed E-state index contributed by atoms with van der Waals surface area (Å²) in [5.74, 6) is -3.94. The third-order valence-electron chi connectivity index (χ3n) is 9.50. The number of hydrogen-bond donors (Lipinski definition) is 6. The zero-order valence-corrected chi connectivity index (χ0v) is 28.5. The standard InChI is InChI=1S/C36H48N6O8/c1-3-22(2)31(36(49)50)40-30(44)21-38-32(45)28-11-7-18-42(28)35(48)27(20-23-9-5-4-6-10-23)39-33(46)29-12-8-17-41(29)34(47)26(37)19-24-13-15-25(43)16-14-24/h4-6,9-10,13-16,22,26-29,31,43H,3,7-8,11-12,17-21,37H2,1-2H3,(H,38,45)(H,39,46)(H,40,44)(H,49,50). The van der Waals surface area contributed by atoms with E-state index in [9.17, 15) is 39.0 Å². The predicted octanol–water partition coefficient (Wildman–Crippen LogP) is 0.703. The molecule has 2 aromatic rings. The lowest BCUT2D eigenvalue weighted by atomic mass is 9.99. The Morgan fingerprint density at radius 3 is 2.00 bits per heavy atom. The normalized spacial score (nSPS) is 19.6. The number of benzene rings is 2. The molecule has 2 saturated heterocycles. The van der Waals surface area contributed by atoms with Crippen molar-refractivity contribution in [3.63, 3.8) is 0 Å². The molecule has 270 valence electrons. The fourth-order valence-electron chi connectivity index (χ4n) is 6.50. The van der Waals surface area contributed by atoms with Crippen molar-refractivity contribution >= 4 is 35.5 Å². The Morgan fingerprint density at radius 2 is 1.40 bits per heavy atom. The minimum Gasteiger partial charge on any atom is -0.508 e. The summed E-state index contributed by atoms with van der Waals surface area (Å²) in [5, 5.41) is 26.9. The first-order valence-corrected chi connectivity index (χ1v) is 17.2. The van der Waals surface area contributed by atoms with Gasteiger partial charge in [0, 0.05) is 19.5 Å². The summed E-state index contributed by atoms with van der Waals surface area (Å²) in [4.78, 5) is 81.6. The molecule has 2 fully saturated rings. The van der Waals surface area contributed by atoms with E-state index in [0.717, 1.165) is 11.1 Å². The zero-order valence-electron chi connectivity index (χ0n) is 28.5. The van der Waals surface area contributed by atoms with Gasteiger partial charge in [-0.3, -0.25) is 24.0 Å². The van der Waals surface area contributed by atoms with Gasteiger partial charge in [0.1, 0.15) is 29.9 Å². The molecule has 2 aliphatic rings. The number of carbonyl (C=O) groups is 6. The third kappa shape index (κ3) is 9.80. The van der Waals surface area contributed by atoms with Gasteiger partial charge in [-0.05, 0) is 61.3 Å². The number of likely N-dealkylation sites (tertiary alicyclic amines) is 2. The number of phenolic OH excluding ortho intramolecular Hbond substituents is 1. The van der Waals surface area contributed by atoms with Crippen molar-refractivity contribution < 1.29 is 39.0 Å². The second kappa shape index (κ2) is 17.6. The molecule has 6 unspecified atom stereocenters. The van der Waals surface area contributed by atoms with Gasteiger partial charge < -0.3 is 41.7 Å². The number of carboxylic acids is 1. The Hall–Kier alpha value is -4.98. The monoisotopic (exact) mass is 692 g/mol. The SMILES string of the molecule is CCC(C)C(NC(=O)CNC(=O)C1CCCN1C(=O)C(Cc1ccccc1)NC(=O)C1CCCN1C(=O)C(N)Cc1ccc(O)cc1)C(=O)O. The van der Waals surface area contributed by atoms with Gasteiger partial charge in [-0.2, -0.15) is 0 Å². The Morgan fingerprint density at radius 1 is 0.820 bits per heavy atom. The average molecular weight is 693 g/mol. The number of amides is 5. The number of rotatable bonds is 15. The van der Waals surface area contributed by atoms with Crippen LogP contribution in [0.2, 0.25) is 0 Å². The van der Waals surface area contributed by atoms with Crippen molar-refractivity contribution in [3.8, 4) is 5.75 Å². The highest BCUT2D eigenvalue weighted by Crippen LogP contribution is 2.23. The van der Waals surface area contributed by atoms with Crippen LogP contribution in [0.1, 0.15) is 57.1 Å². The van der Waals surface area contributed by atoms with Crippen molar-refractivity contribution in [2.24, 2.45) is 11.7 Å². The fraction of sp³-hybridized carbons (Fsp3) is 0.500. The van der Waals surface area contributed by atoms with Crippen LogP contribution in [0, 0.1) is 5.92 Å². The number of nitrogens with one attached hydrogen (secondary N) is 3. The van der Waals surface area contributed by atoms with E-state index in [4.69, 9.17) is 5.73 Å². The molecule has 0 radical (unpaired) electrons. The molecule has 0 aromatic heterocycles. The van der Waals surface area contributed by atoms with E-state index in [0.29, 0.717) is 38.6 Å². The largest absolute Gasteiger partial charge is 0.508 e. The lowest BCUT2D eigenvalue weighted by Crippen LogP contribution is -2.58. The topological polar surface area (TPSA) is 211 Å². The van der Waals surface area contributed by atoms with Gasteiger partial charge in [0.15, 0.2) is 0 Å². The maximum absolute atomic E-state index is 14.1. The number of carbonyl (C=O) groups excluding carboxylic acids is 5. The number of hydrogen-bond acceptors (Lipinski definition) is 8. The molecular formula is C36H48N6O8. The van der Waals surface area contributed by atoms with Gasteiger partial charge in [0.25, 0.3) is 0 Å².